The van der Waals surface area contributed by atoms with Crippen LogP contribution in [0.5, 0.6) is 0 Å². The van der Waals surface area contributed by atoms with Gasteiger partial charge in [0.15, 0.2) is 0 Å². The molecule has 3 nitrogen and oxygen atoms in total. The molecule has 0 radical (unpaired) electrons. The summed E-state index contributed by atoms with van der Waals surface area (Å²) in [5.41, 5.74) is 6.46. The monoisotopic (exact) mass is 295 g/mol. The van der Waals surface area contributed by atoms with Gasteiger partial charge >= 0.3 is 6.18 Å². The van der Waals surface area contributed by atoms with E-state index in [9.17, 15) is 13.2 Å². The number of alkyl halides is 3. The number of hydrogen-bond donors (Lipinski definition) is 1. The van der Waals surface area contributed by atoms with Crippen LogP contribution in [-0.2, 0) is 12.7 Å². The average Bonchev–Trinajstić information content (AvgIpc) is 2.46. The predicted octanol–water partition coefficient (Wildman–Crippen LogP) is 3.71. The molecule has 1 aromatic carbocycles. The molecule has 0 spiro atoms. The van der Waals surface area contributed by atoms with Crippen molar-refractivity contribution in [3.8, 4) is 0 Å². The van der Waals surface area contributed by atoms with Gasteiger partial charge < -0.3 is 10.6 Å². The maximum atomic E-state index is 12.7. The Hall–Kier alpha value is -2.24. The average molecular weight is 295 g/mol. The van der Waals surface area contributed by atoms with Crippen molar-refractivity contribution in [1.82, 2.24) is 4.98 Å². The van der Waals surface area contributed by atoms with Crippen molar-refractivity contribution in [1.29, 1.82) is 0 Å². The van der Waals surface area contributed by atoms with Crippen molar-refractivity contribution in [2.75, 3.05) is 17.2 Å². The minimum atomic E-state index is -4.44. The van der Waals surface area contributed by atoms with E-state index in [-0.39, 0.29) is 5.82 Å². The predicted molar refractivity (Wildman–Crippen MR) is 76.8 cm³/mol. The van der Waals surface area contributed by atoms with Crippen LogP contribution in [0.4, 0.5) is 24.7 Å². The number of rotatable bonds is 4. The second-order valence-corrected chi connectivity index (χ2v) is 4.59. The van der Waals surface area contributed by atoms with Crippen LogP contribution in [-0.4, -0.2) is 11.5 Å². The van der Waals surface area contributed by atoms with Gasteiger partial charge in [-0.05, 0) is 30.7 Å². The quantitative estimate of drug-likeness (QED) is 0.874. The van der Waals surface area contributed by atoms with Crippen LogP contribution in [0.15, 0.2) is 42.5 Å². The van der Waals surface area contributed by atoms with Crippen LogP contribution < -0.4 is 10.6 Å². The third-order valence-electron chi connectivity index (χ3n) is 3.15. The highest BCUT2D eigenvalue weighted by molar-refractivity contribution is 5.49. The van der Waals surface area contributed by atoms with Gasteiger partial charge in [-0.1, -0.05) is 24.3 Å². The third-order valence-corrected chi connectivity index (χ3v) is 3.15. The summed E-state index contributed by atoms with van der Waals surface area (Å²) in [5.74, 6) is 0.288. The fourth-order valence-electron chi connectivity index (χ4n) is 2.00. The van der Waals surface area contributed by atoms with E-state index in [2.05, 4.69) is 4.98 Å². The van der Waals surface area contributed by atoms with E-state index >= 15 is 0 Å². The van der Waals surface area contributed by atoms with Crippen LogP contribution in [0.2, 0.25) is 0 Å². The molecule has 2 N–H and O–H groups in total. The van der Waals surface area contributed by atoms with Crippen LogP contribution in [0.3, 0.4) is 0 Å². The lowest BCUT2D eigenvalue weighted by Crippen LogP contribution is -2.24. The Morgan fingerprint density at radius 1 is 1.10 bits per heavy atom. The maximum Gasteiger partial charge on any atom is 0.433 e. The highest BCUT2D eigenvalue weighted by atomic mass is 19.4. The number of aromatic nitrogens is 1. The number of halogens is 3. The second-order valence-electron chi connectivity index (χ2n) is 4.59. The highest BCUT2D eigenvalue weighted by Crippen LogP contribution is 2.29. The molecule has 0 bridgehead atoms. The largest absolute Gasteiger partial charge is 0.433 e. The van der Waals surface area contributed by atoms with Crippen LogP contribution in [0.1, 0.15) is 18.2 Å². The normalized spacial score (nSPS) is 11.4. The van der Waals surface area contributed by atoms with E-state index in [0.29, 0.717) is 18.8 Å². The summed E-state index contributed by atoms with van der Waals surface area (Å²) in [6, 6.07) is 11.2. The first-order chi connectivity index (χ1) is 9.91. The Labute approximate surface area is 121 Å². The molecule has 0 aliphatic carbocycles. The fourth-order valence-corrected chi connectivity index (χ4v) is 2.00. The number of para-hydroxylation sites is 1. The first kappa shape index (κ1) is 15.2. The molecule has 6 heteroatoms. The molecule has 0 atom stereocenters. The summed E-state index contributed by atoms with van der Waals surface area (Å²) in [4.78, 5) is 5.45. The number of pyridine rings is 1. The number of hydrogen-bond acceptors (Lipinski definition) is 3. The summed E-state index contributed by atoms with van der Waals surface area (Å²) in [7, 11) is 0. The molecule has 2 aromatic rings. The van der Waals surface area contributed by atoms with Gasteiger partial charge in [0.2, 0.25) is 0 Å². The zero-order valence-electron chi connectivity index (χ0n) is 11.6. The zero-order valence-corrected chi connectivity index (χ0v) is 11.6. The van der Waals surface area contributed by atoms with Gasteiger partial charge in [-0.2, -0.15) is 13.2 Å². The number of benzene rings is 1. The van der Waals surface area contributed by atoms with Crippen LogP contribution in [0, 0.1) is 0 Å². The molecule has 1 heterocycles. The molecule has 1 aromatic heterocycles. The molecule has 0 saturated carbocycles. The molecule has 0 aliphatic heterocycles. The van der Waals surface area contributed by atoms with E-state index in [1.165, 1.54) is 6.07 Å². The molecule has 0 unspecified atom stereocenters. The number of anilines is 2. The molecular formula is C15H16F3N3. The Morgan fingerprint density at radius 3 is 2.43 bits per heavy atom. The summed E-state index contributed by atoms with van der Waals surface area (Å²) in [5, 5.41) is 0. The van der Waals surface area contributed by atoms with Gasteiger partial charge in [-0.25, -0.2) is 4.98 Å². The topological polar surface area (TPSA) is 42.1 Å². The Bertz CT molecular complexity index is 611. The zero-order chi connectivity index (χ0) is 15.5. The van der Waals surface area contributed by atoms with E-state index in [1.807, 2.05) is 25.1 Å². The van der Waals surface area contributed by atoms with E-state index < -0.39 is 11.9 Å². The van der Waals surface area contributed by atoms with Gasteiger partial charge in [0.05, 0.1) is 0 Å². The van der Waals surface area contributed by atoms with Crippen molar-refractivity contribution in [2.45, 2.75) is 19.6 Å². The molecule has 0 saturated heterocycles. The minimum Gasteiger partial charge on any atom is -0.398 e. The van der Waals surface area contributed by atoms with Crippen LogP contribution in [0.25, 0.3) is 0 Å². The van der Waals surface area contributed by atoms with Crippen molar-refractivity contribution in [3.05, 3.63) is 53.7 Å². The molecule has 2 rings (SSSR count). The minimum absolute atomic E-state index is 0.288. The molecule has 0 amide bonds. The first-order valence-corrected chi connectivity index (χ1v) is 6.54. The number of nitrogens with two attached hydrogens (primary N) is 1. The van der Waals surface area contributed by atoms with Gasteiger partial charge in [-0.15, -0.1) is 0 Å². The highest BCUT2D eigenvalue weighted by Gasteiger charge is 2.32. The van der Waals surface area contributed by atoms with Gasteiger partial charge in [0.25, 0.3) is 0 Å². The summed E-state index contributed by atoms with van der Waals surface area (Å²) >= 11 is 0. The fraction of sp³-hybridized carbons (Fsp3) is 0.267. The Kier molecular flexibility index (Phi) is 4.35. The van der Waals surface area contributed by atoms with Gasteiger partial charge in [0, 0.05) is 18.8 Å². The molecule has 112 valence electrons. The second kappa shape index (κ2) is 6.03. The first-order valence-electron chi connectivity index (χ1n) is 6.54. The van der Waals surface area contributed by atoms with E-state index in [1.54, 1.807) is 17.0 Å². The Balaban J connectivity index is 2.28. The lowest BCUT2D eigenvalue weighted by molar-refractivity contribution is -0.141. The number of nitrogens with zero attached hydrogens (tertiary/aromatic N) is 2. The third kappa shape index (κ3) is 3.65. The lowest BCUT2D eigenvalue weighted by Gasteiger charge is -2.23. The van der Waals surface area contributed by atoms with Crippen molar-refractivity contribution in [2.24, 2.45) is 0 Å². The summed E-state index contributed by atoms with van der Waals surface area (Å²) in [6.07, 6.45) is -4.44. The molecular weight excluding hydrogens is 279 g/mol. The standard InChI is InChI=1S/C15H16F3N3/c1-2-21(10-11-6-3-4-7-12(11)19)14-9-5-8-13(20-14)15(16,17)18/h3-9H,2,10,19H2,1H3. The number of nitrogen functional groups attached to an aromatic ring is 1. The van der Waals surface area contributed by atoms with E-state index in [4.69, 9.17) is 5.73 Å². The van der Waals surface area contributed by atoms with E-state index in [0.717, 1.165) is 11.6 Å². The van der Waals surface area contributed by atoms with Crippen molar-refractivity contribution >= 4 is 11.5 Å². The smallest absolute Gasteiger partial charge is 0.398 e. The molecule has 0 aliphatic rings. The molecule has 21 heavy (non-hydrogen) atoms. The van der Waals surface area contributed by atoms with Gasteiger partial charge in [-0.3, -0.25) is 0 Å². The molecule has 0 fully saturated rings. The van der Waals surface area contributed by atoms with Crippen molar-refractivity contribution < 1.29 is 13.2 Å². The Morgan fingerprint density at radius 2 is 1.81 bits per heavy atom. The van der Waals surface area contributed by atoms with Crippen LogP contribution >= 0.6 is 0 Å². The lowest BCUT2D eigenvalue weighted by atomic mass is 10.1. The van der Waals surface area contributed by atoms with Crippen molar-refractivity contribution in [3.63, 3.8) is 0 Å². The van der Waals surface area contributed by atoms with Gasteiger partial charge in [0.1, 0.15) is 11.5 Å². The maximum absolute atomic E-state index is 12.7. The summed E-state index contributed by atoms with van der Waals surface area (Å²) < 4.78 is 38.2. The summed E-state index contributed by atoms with van der Waals surface area (Å²) in [6.45, 7) is 2.81. The SMILES string of the molecule is CCN(Cc1ccccc1N)c1cccc(C(F)(F)F)n1.